The van der Waals surface area contributed by atoms with Crippen molar-refractivity contribution < 1.29 is 18.3 Å². The Balaban J connectivity index is 3.40. The number of sulfonamides is 1. The molecule has 1 aromatic carbocycles. The number of carboxylic acids is 1. The van der Waals surface area contributed by atoms with E-state index in [4.69, 9.17) is 11.6 Å². The summed E-state index contributed by atoms with van der Waals surface area (Å²) in [5.41, 5.74) is 0.241. The second-order valence-electron chi connectivity index (χ2n) is 4.15. The lowest BCUT2D eigenvalue weighted by Crippen LogP contribution is -2.26. The number of hydrogen-bond acceptors (Lipinski definition) is 4. The zero-order chi connectivity index (χ0) is 15.3. The predicted molar refractivity (Wildman–Crippen MR) is 76.1 cm³/mol. The number of nitrogens with zero attached hydrogens (tertiary/aromatic N) is 1. The molecule has 0 saturated heterocycles. The fraction of sp³-hybridized carbons (Fsp3) is 0.308. The van der Waals surface area contributed by atoms with Gasteiger partial charge in [-0.2, -0.15) is 0 Å². The third-order valence-electron chi connectivity index (χ3n) is 2.64. The molecule has 0 bridgehead atoms. The topological polar surface area (TPSA) is 101 Å². The maximum atomic E-state index is 11.3. The fourth-order valence-electron chi connectivity index (χ4n) is 1.80. The number of carbonyl (C=O) groups is 1. The molecule has 0 unspecified atom stereocenters. The van der Waals surface area contributed by atoms with Crippen molar-refractivity contribution in [3.05, 3.63) is 23.8 Å². The Bertz CT molecular complexity index is 647. The van der Waals surface area contributed by atoms with Gasteiger partial charge in [0.25, 0.3) is 0 Å². The van der Waals surface area contributed by atoms with Crippen molar-refractivity contribution in [1.82, 2.24) is 0 Å². The van der Waals surface area contributed by atoms with Crippen LogP contribution in [0.4, 0.5) is 5.69 Å². The molecule has 0 aliphatic rings. The van der Waals surface area contributed by atoms with Crippen molar-refractivity contribution in [2.45, 2.75) is 18.2 Å². The summed E-state index contributed by atoms with van der Waals surface area (Å²) < 4.78 is 22.6. The number of rotatable bonds is 6. The number of hydrogen-bond donors (Lipinski definition) is 2. The Hall–Kier alpha value is -2.04. The van der Waals surface area contributed by atoms with Crippen LogP contribution in [0.1, 0.15) is 23.7 Å². The number of terminal acetylenes is 1. The largest absolute Gasteiger partial charge is 0.478 e. The average Bonchev–Trinajstić information content (AvgIpc) is 2.36. The lowest BCUT2D eigenvalue weighted by atomic mass is 10.1. The van der Waals surface area contributed by atoms with Crippen LogP contribution in [0.15, 0.2) is 23.1 Å². The van der Waals surface area contributed by atoms with Crippen LogP contribution >= 0.6 is 0 Å². The van der Waals surface area contributed by atoms with E-state index in [2.05, 4.69) is 5.92 Å². The molecule has 108 valence electrons. The molecular formula is C13H16N2O4S. The summed E-state index contributed by atoms with van der Waals surface area (Å²) in [4.78, 5) is 12.8. The van der Waals surface area contributed by atoms with E-state index < -0.39 is 16.0 Å². The number of aromatic carboxylic acids is 1. The highest BCUT2D eigenvalue weighted by Crippen LogP contribution is 2.24. The predicted octanol–water partition coefficient (Wildman–Crippen LogP) is 0.882. The second kappa shape index (κ2) is 6.41. The maximum absolute atomic E-state index is 11.3. The SMILES string of the molecule is C#CCN(CCC)c1ccc(S(N)(=O)=O)cc1C(=O)O. The van der Waals surface area contributed by atoms with Crippen molar-refractivity contribution in [3.8, 4) is 12.3 Å². The monoisotopic (exact) mass is 296 g/mol. The molecule has 0 spiro atoms. The molecule has 6 nitrogen and oxygen atoms in total. The van der Waals surface area contributed by atoms with Crippen molar-refractivity contribution >= 4 is 21.7 Å². The number of nitrogens with two attached hydrogens (primary N) is 1. The maximum Gasteiger partial charge on any atom is 0.337 e. The quantitative estimate of drug-likeness (QED) is 0.759. The molecule has 0 aliphatic heterocycles. The van der Waals surface area contributed by atoms with E-state index in [1.165, 1.54) is 12.1 Å². The summed E-state index contributed by atoms with van der Waals surface area (Å²) in [6.45, 7) is 2.74. The molecule has 7 heteroatoms. The molecule has 0 heterocycles. The molecule has 0 aromatic heterocycles. The molecule has 0 atom stereocenters. The number of anilines is 1. The Morgan fingerprint density at radius 3 is 2.60 bits per heavy atom. The van der Waals surface area contributed by atoms with E-state index in [9.17, 15) is 18.3 Å². The summed E-state index contributed by atoms with van der Waals surface area (Å²) >= 11 is 0. The van der Waals surface area contributed by atoms with Crippen molar-refractivity contribution in [2.24, 2.45) is 5.14 Å². The minimum Gasteiger partial charge on any atom is -0.478 e. The van der Waals surface area contributed by atoms with Crippen LogP contribution in [-0.2, 0) is 10.0 Å². The molecule has 3 N–H and O–H groups in total. The van der Waals surface area contributed by atoms with Gasteiger partial charge < -0.3 is 10.0 Å². The second-order valence-corrected chi connectivity index (χ2v) is 5.72. The Kier molecular flexibility index (Phi) is 5.13. The first-order valence-corrected chi connectivity index (χ1v) is 7.44. The van der Waals surface area contributed by atoms with Gasteiger partial charge in [-0.3, -0.25) is 0 Å². The van der Waals surface area contributed by atoms with Crippen LogP contribution in [0.5, 0.6) is 0 Å². The van der Waals surface area contributed by atoms with E-state index >= 15 is 0 Å². The normalized spacial score (nSPS) is 10.8. The molecule has 0 aliphatic carbocycles. The smallest absolute Gasteiger partial charge is 0.337 e. The Morgan fingerprint density at radius 1 is 1.50 bits per heavy atom. The van der Waals surface area contributed by atoms with E-state index in [1.807, 2.05) is 6.92 Å². The molecule has 0 fully saturated rings. The number of benzene rings is 1. The van der Waals surface area contributed by atoms with E-state index in [-0.39, 0.29) is 17.0 Å². The minimum absolute atomic E-state index is 0.139. The fourth-order valence-corrected chi connectivity index (χ4v) is 2.34. The van der Waals surface area contributed by atoms with Crippen LogP contribution in [-0.4, -0.2) is 32.6 Å². The first-order chi connectivity index (χ1) is 9.31. The first kappa shape index (κ1) is 16.0. The average molecular weight is 296 g/mol. The van der Waals surface area contributed by atoms with Crippen LogP contribution in [0.25, 0.3) is 0 Å². The summed E-state index contributed by atoms with van der Waals surface area (Å²) in [6.07, 6.45) is 6.04. The van der Waals surface area contributed by atoms with E-state index in [0.29, 0.717) is 12.2 Å². The van der Waals surface area contributed by atoms with Gasteiger partial charge in [0.2, 0.25) is 10.0 Å². The standard InChI is InChI=1S/C13H16N2O4S/c1-3-7-15(8-4-2)12-6-5-10(20(14,18)19)9-11(12)13(16)17/h1,5-6,9H,4,7-8H2,2H3,(H,16,17)(H2,14,18,19). The zero-order valence-electron chi connectivity index (χ0n) is 11.0. The molecule has 0 saturated carbocycles. The highest BCUT2D eigenvalue weighted by Gasteiger charge is 2.19. The summed E-state index contributed by atoms with van der Waals surface area (Å²) in [6, 6.07) is 3.73. The van der Waals surface area contributed by atoms with Crippen LogP contribution < -0.4 is 10.0 Å². The highest BCUT2D eigenvalue weighted by atomic mass is 32.2. The number of primary sulfonamides is 1. The summed E-state index contributed by atoms with van der Waals surface area (Å²) in [5, 5.41) is 14.2. The van der Waals surface area contributed by atoms with E-state index in [1.54, 1.807) is 4.90 Å². The zero-order valence-corrected chi connectivity index (χ0v) is 11.9. The summed E-state index contributed by atoms with van der Waals surface area (Å²) in [5.74, 6) is 1.22. The van der Waals surface area contributed by atoms with Gasteiger partial charge in [-0.1, -0.05) is 12.8 Å². The Morgan fingerprint density at radius 2 is 2.15 bits per heavy atom. The van der Waals surface area contributed by atoms with Crippen LogP contribution in [0, 0.1) is 12.3 Å². The van der Waals surface area contributed by atoms with Gasteiger partial charge in [-0.05, 0) is 24.6 Å². The third-order valence-corrected chi connectivity index (χ3v) is 3.55. The molecule has 1 aromatic rings. The third kappa shape index (κ3) is 3.73. The molecule has 0 radical (unpaired) electrons. The minimum atomic E-state index is -3.95. The number of carboxylic acid groups (broad SMARTS) is 1. The first-order valence-electron chi connectivity index (χ1n) is 5.89. The van der Waals surface area contributed by atoms with Crippen LogP contribution in [0.3, 0.4) is 0 Å². The molecule has 1 rings (SSSR count). The van der Waals surface area contributed by atoms with Gasteiger partial charge in [0.1, 0.15) is 0 Å². The Labute approximate surface area is 118 Å². The van der Waals surface area contributed by atoms with Crippen molar-refractivity contribution in [3.63, 3.8) is 0 Å². The van der Waals surface area contributed by atoms with Gasteiger partial charge in [-0.25, -0.2) is 18.4 Å². The van der Waals surface area contributed by atoms with Gasteiger partial charge in [0.15, 0.2) is 0 Å². The van der Waals surface area contributed by atoms with Gasteiger partial charge in [0.05, 0.1) is 22.7 Å². The van der Waals surface area contributed by atoms with Gasteiger partial charge in [-0.15, -0.1) is 6.42 Å². The van der Waals surface area contributed by atoms with Gasteiger partial charge >= 0.3 is 5.97 Å². The molecular weight excluding hydrogens is 280 g/mol. The lowest BCUT2D eigenvalue weighted by Gasteiger charge is -2.23. The summed E-state index contributed by atoms with van der Waals surface area (Å²) in [7, 11) is -3.95. The van der Waals surface area contributed by atoms with E-state index in [0.717, 1.165) is 12.5 Å². The van der Waals surface area contributed by atoms with Crippen molar-refractivity contribution in [1.29, 1.82) is 0 Å². The molecule has 20 heavy (non-hydrogen) atoms. The van der Waals surface area contributed by atoms with Gasteiger partial charge in [0, 0.05) is 6.54 Å². The van der Waals surface area contributed by atoms with Crippen molar-refractivity contribution in [2.75, 3.05) is 18.0 Å². The highest BCUT2D eigenvalue weighted by molar-refractivity contribution is 7.89. The molecule has 0 amide bonds. The van der Waals surface area contributed by atoms with Crippen LogP contribution in [0.2, 0.25) is 0 Å². The lowest BCUT2D eigenvalue weighted by molar-refractivity contribution is 0.0697.